The Balaban J connectivity index is 1.91. The smallest absolute Gasteiger partial charge is 0.410 e. The molecule has 0 bridgehead atoms. The fourth-order valence-electron chi connectivity index (χ4n) is 3.21. The van der Waals surface area contributed by atoms with E-state index in [9.17, 15) is 14.4 Å². The largest absolute Gasteiger partial charge is 0.444 e. The molecule has 0 unspecified atom stereocenters. The van der Waals surface area contributed by atoms with Crippen LogP contribution in [-0.4, -0.2) is 52.9 Å². The number of rotatable bonds is 5. The zero-order valence-electron chi connectivity index (χ0n) is 14.6. The zero-order chi connectivity index (χ0) is 17.2. The highest BCUT2D eigenvalue weighted by Crippen LogP contribution is 2.34. The van der Waals surface area contributed by atoms with Gasteiger partial charge in [-0.2, -0.15) is 0 Å². The molecule has 0 aliphatic carbocycles. The number of carbonyl (C=O) groups excluding carboxylic acids is 3. The van der Waals surface area contributed by atoms with E-state index in [0.717, 1.165) is 25.7 Å². The van der Waals surface area contributed by atoms with Gasteiger partial charge in [-0.3, -0.25) is 14.5 Å². The molecule has 2 heterocycles. The maximum Gasteiger partial charge on any atom is 0.410 e. The summed E-state index contributed by atoms with van der Waals surface area (Å²) >= 11 is 0. The van der Waals surface area contributed by atoms with Gasteiger partial charge in [0.15, 0.2) is 0 Å². The molecule has 2 fully saturated rings. The molecule has 6 heteroatoms. The number of hydrogen-bond donors (Lipinski definition) is 0. The second-order valence-corrected chi connectivity index (χ2v) is 7.49. The monoisotopic (exact) mass is 324 g/mol. The maximum absolute atomic E-state index is 12.4. The maximum atomic E-state index is 12.4. The van der Waals surface area contributed by atoms with Crippen LogP contribution in [0.4, 0.5) is 4.79 Å². The van der Waals surface area contributed by atoms with Crippen LogP contribution in [0.25, 0.3) is 0 Å². The SMILES string of the molecule is CCCCCCN1C(=O)[C@H]2CN(C(=O)OC(C)(C)C)C[C@H]2C1=O. The summed E-state index contributed by atoms with van der Waals surface area (Å²) in [4.78, 5) is 39.9. The van der Waals surface area contributed by atoms with Crippen LogP contribution in [0.2, 0.25) is 0 Å². The third-order valence-corrected chi connectivity index (χ3v) is 4.37. The van der Waals surface area contributed by atoms with Crippen molar-refractivity contribution in [2.24, 2.45) is 11.8 Å². The number of imide groups is 1. The topological polar surface area (TPSA) is 66.9 Å². The predicted octanol–water partition coefficient (Wildman–Crippen LogP) is 2.42. The number of likely N-dealkylation sites (tertiary alicyclic amines) is 2. The molecule has 0 saturated carbocycles. The Morgan fingerprint density at radius 2 is 1.65 bits per heavy atom. The van der Waals surface area contributed by atoms with E-state index in [1.807, 2.05) is 0 Å². The number of unbranched alkanes of at least 4 members (excludes halogenated alkanes) is 3. The van der Waals surface area contributed by atoms with Gasteiger partial charge < -0.3 is 9.64 Å². The van der Waals surface area contributed by atoms with Gasteiger partial charge >= 0.3 is 6.09 Å². The molecule has 2 rings (SSSR count). The molecule has 0 aromatic heterocycles. The Bertz CT molecular complexity index is 459. The van der Waals surface area contributed by atoms with E-state index < -0.39 is 11.7 Å². The van der Waals surface area contributed by atoms with E-state index in [4.69, 9.17) is 4.74 Å². The standard InChI is InChI=1S/C17H28N2O4/c1-5-6-7-8-9-19-14(20)12-10-18(11-13(12)15(19)21)16(22)23-17(2,3)4/h12-13H,5-11H2,1-4H3/t12-,13+. The molecular formula is C17H28N2O4. The molecule has 0 spiro atoms. The third kappa shape index (κ3) is 4.03. The first-order valence-electron chi connectivity index (χ1n) is 8.57. The minimum Gasteiger partial charge on any atom is -0.444 e. The summed E-state index contributed by atoms with van der Waals surface area (Å²) in [5.41, 5.74) is -0.575. The Hall–Kier alpha value is -1.59. The van der Waals surface area contributed by atoms with Gasteiger partial charge in [0.1, 0.15) is 5.60 Å². The van der Waals surface area contributed by atoms with Crippen LogP contribution in [0.15, 0.2) is 0 Å². The Labute approximate surface area is 138 Å². The van der Waals surface area contributed by atoms with Crippen LogP contribution in [0.1, 0.15) is 53.4 Å². The highest BCUT2D eigenvalue weighted by atomic mass is 16.6. The van der Waals surface area contributed by atoms with Crippen molar-refractivity contribution in [3.8, 4) is 0 Å². The highest BCUT2D eigenvalue weighted by molar-refractivity contribution is 6.06. The molecule has 130 valence electrons. The summed E-state index contributed by atoms with van der Waals surface area (Å²) in [7, 11) is 0. The average Bonchev–Trinajstić information content (AvgIpc) is 2.97. The van der Waals surface area contributed by atoms with Crippen LogP contribution in [0.3, 0.4) is 0 Å². The summed E-state index contributed by atoms with van der Waals surface area (Å²) in [6, 6.07) is 0. The first-order chi connectivity index (χ1) is 10.7. The number of ether oxygens (including phenoxy) is 1. The van der Waals surface area contributed by atoms with Crippen molar-refractivity contribution in [2.75, 3.05) is 19.6 Å². The van der Waals surface area contributed by atoms with Gasteiger partial charge in [-0.1, -0.05) is 26.2 Å². The molecule has 0 aromatic carbocycles. The quantitative estimate of drug-likeness (QED) is 0.575. The van der Waals surface area contributed by atoms with Crippen molar-refractivity contribution in [1.82, 2.24) is 9.80 Å². The first kappa shape index (κ1) is 17.8. The number of carbonyl (C=O) groups is 3. The molecule has 0 aromatic rings. The minimum atomic E-state index is -0.575. The van der Waals surface area contributed by atoms with Gasteiger partial charge in [-0.05, 0) is 27.2 Å². The summed E-state index contributed by atoms with van der Waals surface area (Å²) in [5.74, 6) is -1.02. The second-order valence-electron chi connectivity index (χ2n) is 7.49. The lowest BCUT2D eigenvalue weighted by Crippen LogP contribution is -2.40. The highest BCUT2D eigenvalue weighted by Gasteiger charge is 2.53. The van der Waals surface area contributed by atoms with Crippen LogP contribution in [-0.2, 0) is 14.3 Å². The van der Waals surface area contributed by atoms with Gasteiger partial charge in [-0.15, -0.1) is 0 Å². The number of nitrogens with zero attached hydrogens (tertiary/aromatic N) is 2. The van der Waals surface area contributed by atoms with E-state index in [1.54, 1.807) is 20.8 Å². The normalized spacial score (nSPS) is 24.3. The molecule has 0 N–H and O–H groups in total. The van der Waals surface area contributed by atoms with E-state index in [1.165, 1.54) is 9.80 Å². The van der Waals surface area contributed by atoms with Crippen LogP contribution in [0.5, 0.6) is 0 Å². The molecule has 6 nitrogen and oxygen atoms in total. The van der Waals surface area contributed by atoms with Crippen molar-refractivity contribution in [1.29, 1.82) is 0 Å². The number of fused-ring (bicyclic) bond motifs is 1. The van der Waals surface area contributed by atoms with Crippen LogP contribution in [0, 0.1) is 11.8 Å². The van der Waals surface area contributed by atoms with E-state index in [-0.39, 0.29) is 36.7 Å². The Morgan fingerprint density at radius 1 is 1.09 bits per heavy atom. The molecule has 0 radical (unpaired) electrons. The average molecular weight is 324 g/mol. The van der Waals surface area contributed by atoms with Gasteiger partial charge in [0.05, 0.1) is 11.8 Å². The van der Waals surface area contributed by atoms with Crippen LogP contribution < -0.4 is 0 Å². The molecule has 2 aliphatic rings. The fraction of sp³-hybridized carbons (Fsp3) is 0.824. The summed E-state index contributed by atoms with van der Waals surface area (Å²) in [5, 5.41) is 0. The van der Waals surface area contributed by atoms with E-state index in [0.29, 0.717) is 6.54 Å². The van der Waals surface area contributed by atoms with Crippen molar-refractivity contribution >= 4 is 17.9 Å². The summed E-state index contributed by atoms with van der Waals surface area (Å²) in [6.45, 7) is 8.62. The van der Waals surface area contributed by atoms with Gasteiger partial charge in [-0.25, -0.2) is 4.79 Å². The molecule has 2 saturated heterocycles. The predicted molar refractivity (Wildman–Crippen MR) is 85.6 cm³/mol. The van der Waals surface area contributed by atoms with Gasteiger partial charge in [0.25, 0.3) is 0 Å². The van der Waals surface area contributed by atoms with Crippen molar-refractivity contribution in [3.05, 3.63) is 0 Å². The van der Waals surface area contributed by atoms with E-state index in [2.05, 4.69) is 6.92 Å². The lowest BCUT2D eigenvalue weighted by molar-refractivity contribution is -0.140. The molecule has 3 amide bonds. The number of hydrogen-bond acceptors (Lipinski definition) is 4. The molecule has 2 aliphatic heterocycles. The Kier molecular flexibility index (Phi) is 5.32. The van der Waals surface area contributed by atoms with Crippen LogP contribution >= 0.6 is 0 Å². The lowest BCUT2D eigenvalue weighted by atomic mass is 10.00. The fourth-order valence-corrected chi connectivity index (χ4v) is 3.21. The lowest BCUT2D eigenvalue weighted by Gasteiger charge is -2.25. The van der Waals surface area contributed by atoms with E-state index >= 15 is 0 Å². The van der Waals surface area contributed by atoms with Gasteiger partial charge in [0, 0.05) is 19.6 Å². The minimum absolute atomic E-state index is 0.123. The van der Waals surface area contributed by atoms with Crippen molar-refractivity contribution in [2.45, 2.75) is 59.0 Å². The molecule has 2 atom stereocenters. The Morgan fingerprint density at radius 3 is 2.13 bits per heavy atom. The molecular weight excluding hydrogens is 296 g/mol. The number of amides is 3. The van der Waals surface area contributed by atoms with Crippen molar-refractivity contribution < 1.29 is 19.1 Å². The molecule has 23 heavy (non-hydrogen) atoms. The third-order valence-electron chi connectivity index (χ3n) is 4.37. The first-order valence-corrected chi connectivity index (χ1v) is 8.57. The van der Waals surface area contributed by atoms with Crippen molar-refractivity contribution in [3.63, 3.8) is 0 Å². The zero-order valence-corrected chi connectivity index (χ0v) is 14.6. The summed E-state index contributed by atoms with van der Waals surface area (Å²) < 4.78 is 5.33. The summed E-state index contributed by atoms with van der Waals surface area (Å²) in [6.07, 6.45) is 3.70. The van der Waals surface area contributed by atoms with Gasteiger partial charge in [0.2, 0.25) is 11.8 Å². The second kappa shape index (κ2) is 6.89.